The van der Waals surface area contributed by atoms with E-state index in [1.807, 2.05) is 0 Å². The summed E-state index contributed by atoms with van der Waals surface area (Å²) in [5.41, 5.74) is 10.4. The van der Waals surface area contributed by atoms with Crippen LogP contribution in [-0.4, -0.2) is 23.8 Å². The molecule has 6 nitrogen and oxygen atoms in total. The highest BCUT2D eigenvalue weighted by Gasteiger charge is 2.17. The van der Waals surface area contributed by atoms with Crippen molar-refractivity contribution in [2.75, 3.05) is 0 Å². The minimum Gasteiger partial charge on any atom is -0.370 e. The number of imide groups is 1. The molecule has 1 atom stereocenters. The average molecular weight is 313 g/mol. The van der Waals surface area contributed by atoms with Crippen molar-refractivity contribution in [3.63, 3.8) is 0 Å². The van der Waals surface area contributed by atoms with Crippen LogP contribution in [0.25, 0.3) is 0 Å². The van der Waals surface area contributed by atoms with Crippen LogP contribution in [0.15, 0.2) is 0 Å². The predicted octanol–water partition coefficient (Wildman–Crippen LogP) is 1.75. The molecule has 0 heterocycles. The van der Waals surface area contributed by atoms with Crippen LogP contribution in [-0.2, 0) is 14.4 Å². The first kappa shape index (κ1) is 20.6. The Bertz CT molecular complexity index is 346. The molecule has 0 radical (unpaired) electrons. The van der Waals surface area contributed by atoms with E-state index in [0.717, 1.165) is 19.3 Å². The van der Waals surface area contributed by atoms with Crippen molar-refractivity contribution < 1.29 is 14.4 Å². The first-order valence-electron chi connectivity index (χ1n) is 8.35. The molecule has 0 saturated heterocycles. The van der Waals surface area contributed by atoms with Crippen LogP contribution in [0.5, 0.6) is 0 Å². The van der Waals surface area contributed by atoms with Crippen molar-refractivity contribution in [1.82, 2.24) is 5.32 Å². The van der Waals surface area contributed by atoms with Gasteiger partial charge >= 0.3 is 0 Å². The van der Waals surface area contributed by atoms with Gasteiger partial charge in [0.05, 0.1) is 12.5 Å². The van der Waals surface area contributed by atoms with Crippen LogP contribution in [0, 0.1) is 0 Å². The number of carbonyl (C=O) groups is 3. The molecule has 0 aliphatic rings. The lowest BCUT2D eigenvalue weighted by molar-refractivity contribution is -0.132. The molecular weight excluding hydrogens is 282 g/mol. The highest BCUT2D eigenvalue weighted by Crippen LogP contribution is 2.10. The van der Waals surface area contributed by atoms with Gasteiger partial charge in [-0.25, -0.2) is 0 Å². The second-order valence-corrected chi connectivity index (χ2v) is 5.77. The van der Waals surface area contributed by atoms with Crippen LogP contribution in [0.1, 0.15) is 77.6 Å². The fraction of sp³-hybridized carbons (Fsp3) is 0.812. The van der Waals surface area contributed by atoms with Gasteiger partial charge in [0.25, 0.3) is 0 Å². The Morgan fingerprint density at radius 3 is 1.91 bits per heavy atom. The smallest absolute Gasteiger partial charge is 0.243 e. The van der Waals surface area contributed by atoms with E-state index in [9.17, 15) is 14.4 Å². The zero-order chi connectivity index (χ0) is 16.8. The summed E-state index contributed by atoms with van der Waals surface area (Å²) >= 11 is 0. The lowest BCUT2D eigenvalue weighted by Gasteiger charge is -2.09. The molecule has 3 amide bonds. The highest BCUT2D eigenvalue weighted by atomic mass is 16.2. The van der Waals surface area contributed by atoms with Gasteiger partial charge in [-0.1, -0.05) is 58.3 Å². The fourth-order valence-electron chi connectivity index (χ4n) is 2.20. The summed E-state index contributed by atoms with van der Waals surface area (Å²) in [4.78, 5) is 33.7. The fourth-order valence-corrected chi connectivity index (χ4v) is 2.20. The van der Waals surface area contributed by atoms with Crippen LogP contribution in [0.4, 0.5) is 0 Å². The summed E-state index contributed by atoms with van der Waals surface area (Å²) in [6.07, 6.45) is 10.6. The summed E-state index contributed by atoms with van der Waals surface area (Å²) < 4.78 is 0. The van der Waals surface area contributed by atoms with Crippen molar-refractivity contribution in [3.8, 4) is 0 Å². The molecule has 6 heteroatoms. The Balaban J connectivity index is 3.53. The van der Waals surface area contributed by atoms with Gasteiger partial charge in [-0.2, -0.15) is 0 Å². The molecule has 128 valence electrons. The maximum atomic E-state index is 11.5. The van der Waals surface area contributed by atoms with E-state index in [1.54, 1.807) is 0 Å². The third-order valence-corrected chi connectivity index (χ3v) is 3.53. The normalized spacial score (nSPS) is 11.9. The molecule has 0 aliphatic carbocycles. The van der Waals surface area contributed by atoms with Crippen molar-refractivity contribution in [3.05, 3.63) is 0 Å². The molecule has 0 bridgehead atoms. The van der Waals surface area contributed by atoms with E-state index in [4.69, 9.17) is 11.5 Å². The first-order chi connectivity index (χ1) is 10.5. The van der Waals surface area contributed by atoms with Crippen molar-refractivity contribution >= 4 is 17.7 Å². The summed E-state index contributed by atoms with van der Waals surface area (Å²) in [6, 6.07) is -1.05. The van der Waals surface area contributed by atoms with Crippen molar-refractivity contribution in [2.24, 2.45) is 11.5 Å². The van der Waals surface area contributed by atoms with Crippen LogP contribution in [0.3, 0.4) is 0 Å². The lowest BCUT2D eigenvalue weighted by atomic mass is 10.1. The highest BCUT2D eigenvalue weighted by molar-refractivity contribution is 5.99. The van der Waals surface area contributed by atoms with Gasteiger partial charge < -0.3 is 11.5 Å². The molecule has 0 rings (SSSR count). The number of hydrogen-bond donors (Lipinski definition) is 3. The number of nitrogens with one attached hydrogen (secondary N) is 1. The van der Waals surface area contributed by atoms with Crippen LogP contribution < -0.4 is 16.8 Å². The third kappa shape index (κ3) is 12.3. The number of primary amides is 1. The van der Waals surface area contributed by atoms with E-state index in [0.29, 0.717) is 6.42 Å². The molecular formula is C16H31N3O3. The zero-order valence-corrected chi connectivity index (χ0v) is 13.7. The van der Waals surface area contributed by atoms with Crippen molar-refractivity contribution in [1.29, 1.82) is 0 Å². The van der Waals surface area contributed by atoms with E-state index in [1.165, 1.54) is 38.5 Å². The second kappa shape index (κ2) is 13.2. The number of amides is 3. The number of hydrogen-bond acceptors (Lipinski definition) is 4. The quantitative estimate of drug-likeness (QED) is 0.449. The summed E-state index contributed by atoms with van der Waals surface area (Å²) in [5.74, 6) is -1.64. The molecule has 0 spiro atoms. The van der Waals surface area contributed by atoms with Gasteiger partial charge in [0.15, 0.2) is 0 Å². The van der Waals surface area contributed by atoms with Gasteiger partial charge in [-0.05, 0) is 6.42 Å². The monoisotopic (exact) mass is 313 g/mol. The number of rotatable bonds is 13. The average Bonchev–Trinajstić information content (AvgIpc) is 2.44. The second-order valence-electron chi connectivity index (χ2n) is 5.77. The van der Waals surface area contributed by atoms with Gasteiger partial charge in [0, 0.05) is 6.42 Å². The van der Waals surface area contributed by atoms with Crippen LogP contribution in [0.2, 0.25) is 0 Å². The van der Waals surface area contributed by atoms with Crippen LogP contribution >= 0.6 is 0 Å². The Labute approximate surface area is 133 Å². The molecule has 0 saturated carbocycles. The molecule has 0 aromatic heterocycles. The molecule has 0 aromatic rings. The Morgan fingerprint density at radius 2 is 1.41 bits per heavy atom. The first-order valence-corrected chi connectivity index (χ1v) is 8.35. The third-order valence-electron chi connectivity index (χ3n) is 3.53. The summed E-state index contributed by atoms with van der Waals surface area (Å²) in [5, 5.41) is 2.20. The standard InChI is InChI=1S/C16H31N3O3/c1-2-3-4-5-6-7-8-9-10-11-15(21)19-16(22)13(17)12-14(18)20/h13H,2-12,17H2,1H3,(H2,18,20)(H,19,21,22)/t13-/m0/s1. The molecule has 0 aliphatic heterocycles. The predicted molar refractivity (Wildman–Crippen MR) is 86.8 cm³/mol. The van der Waals surface area contributed by atoms with Crippen molar-refractivity contribution in [2.45, 2.75) is 83.6 Å². The van der Waals surface area contributed by atoms with Gasteiger partial charge in [-0.3, -0.25) is 19.7 Å². The van der Waals surface area contributed by atoms with Gasteiger partial charge in [0.1, 0.15) is 0 Å². The molecule has 0 aromatic carbocycles. The number of carbonyl (C=O) groups excluding carboxylic acids is 3. The number of unbranched alkanes of at least 4 members (excludes halogenated alkanes) is 8. The summed E-state index contributed by atoms with van der Waals surface area (Å²) in [6.45, 7) is 2.20. The largest absolute Gasteiger partial charge is 0.370 e. The maximum Gasteiger partial charge on any atom is 0.243 e. The van der Waals surface area contributed by atoms with Gasteiger partial charge in [-0.15, -0.1) is 0 Å². The minimum atomic E-state index is -1.05. The van der Waals surface area contributed by atoms with E-state index >= 15 is 0 Å². The Morgan fingerprint density at radius 1 is 0.909 bits per heavy atom. The minimum absolute atomic E-state index is 0.253. The number of nitrogens with two attached hydrogens (primary N) is 2. The zero-order valence-electron chi connectivity index (χ0n) is 13.7. The molecule has 0 unspecified atom stereocenters. The van der Waals surface area contributed by atoms with Gasteiger partial charge in [0.2, 0.25) is 17.7 Å². The molecule has 22 heavy (non-hydrogen) atoms. The SMILES string of the molecule is CCCCCCCCCCCC(=O)NC(=O)[C@@H](N)CC(N)=O. The maximum absolute atomic E-state index is 11.5. The lowest BCUT2D eigenvalue weighted by Crippen LogP contribution is -2.45. The summed E-state index contributed by atoms with van der Waals surface area (Å²) in [7, 11) is 0. The van der Waals surface area contributed by atoms with E-state index in [-0.39, 0.29) is 12.3 Å². The Kier molecular flexibility index (Phi) is 12.4. The topological polar surface area (TPSA) is 115 Å². The Hall–Kier alpha value is -1.43. The molecule has 0 fully saturated rings. The van der Waals surface area contributed by atoms with E-state index < -0.39 is 17.9 Å². The molecule has 5 N–H and O–H groups in total. The van der Waals surface area contributed by atoms with E-state index in [2.05, 4.69) is 12.2 Å².